The van der Waals surface area contributed by atoms with Gasteiger partial charge in [0.1, 0.15) is 17.5 Å². The molecule has 116 valence electrons. The van der Waals surface area contributed by atoms with Crippen LogP contribution in [0.5, 0.6) is 0 Å². The summed E-state index contributed by atoms with van der Waals surface area (Å²) in [5.41, 5.74) is 1.48. The predicted octanol–water partition coefficient (Wildman–Crippen LogP) is 3.30. The van der Waals surface area contributed by atoms with Crippen LogP contribution in [-0.4, -0.2) is 17.9 Å². The highest BCUT2D eigenvalue weighted by Crippen LogP contribution is 2.11. The van der Waals surface area contributed by atoms with Gasteiger partial charge in [0, 0.05) is 25.5 Å². The summed E-state index contributed by atoms with van der Waals surface area (Å²) in [6, 6.07) is 17.0. The van der Waals surface area contributed by atoms with Gasteiger partial charge in [0.25, 0.3) is 5.91 Å². The summed E-state index contributed by atoms with van der Waals surface area (Å²) in [4.78, 5) is 13.9. The van der Waals surface area contributed by atoms with Crippen LogP contribution in [0, 0.1) is 17.1 Å². The van der Waals surface area contributed by atoms with Crippen molar-refractivity contribution in [3.8, 4) is 6.07 Å². The molecule has 0 aliphatic heterocycles. The summed E-state index contributed by atoms with van der Waals surface area (Å²) < 4.78 is 12.8. The maximum Gasteiger partial charge on any atom is 0.267 e. The molecule has 0 aliphatic carbocycles. The molecule has 0 bridgehead atoms. The molecule has 0 heterocycles. The fraction of sp³-hybridized carbons (Fsp3) is 0.111. The van der Waals surface area contributed by atoms with Crippen LogP contribution in [0.25, 0.3) is 0 Å². The minimum absolute atomic E-state index is 0.0206. The number of nitrogens with zero attached hydrogens (tertiary/aromatic N) is 2. The minimum Gasteiger partial charge on any atom is -0.375 e. The van der Waals surface area contributed by atoms with E-state index in [9.17, 15) is 9.18 Å². The Hall–Kier alpha value is -3.13. The molecule has 5 heteroatoms. The van der Waals surface area contributed by atoms with E-state index >= 15 is 0 Å². The SMILES string of the molecule is CN(/C=C(/C#N)C(=O)Nc1ccc(F)cc1)Cc1ccccc1. The summed E-state index contributed by atoms with van der Waals surface area (Å²) in [6.07, 6.45) is 1.49. The van der Waals surface area contributed by atoms with E-state index in [-0.39, 0.29) is 11.4 Å². The second-order valence-electron chi connectivity index (χ2n) is 5.02. The first-order valence-electron chi connectivity index (χ1n) is 7.01. The molecule has 2 rings (SSSR count). The van der Waals surface area contributed by atoms with E-state index in [0.717, 1.165) is 5.56 Å². The molecule has 0 spiro atoms. The number of hydrogen-bond acceptors (Lipinski definition) is 3. The maximum atomic E-state index is 12.8. The lowest BCUT2D eigenvalue weighted by Gasteiger charge is -2.15. The molecule has 0 aromatic heterocycles. The lowest BCUT2D eigenvalue weighted by atomic mass is 10.2. The van der Waals surface area contributed by atoms with Crippen LogP contribution in [0.15, 0.2) is 66.4 Å². The molecule has 0 unspecified atom stereocenters. The Morgan fingerprint density at radius 1 is 1.22 bits per heavy atom. The predicted molar refractivity (Wildman–Crippen MR) is 86.6 cm³/mol. The molecule has 0 fully saturated rings. The molecule has 1 amide bonds. The summed E-state index contributed by atoms with van der Waals surface area (Å²) >= 11 is 0. The van der Waals surface area contributed by atoms with Gasteiger partial charge >= 0.3 is 0 Å². The highest BCUT2D eigenvalue weighted by molar-refractivity contribution is 6.06. The Bertz CT molecular complexity index is 733. The number of benzene rings is 2. The van der Waals surface area contributed by atoms with Crippen LogP contribution in [0.4, 0.5) is 10.1 Å². The van der Waals surface area contributed by atoms with Crippen LogP contribution in [0.1, 0.15) is 5.56 Å². The van der Waals surface area contributed by atoms with Gasteiger partial charge in [-0.2, -0.15) is 5.26 Å². The molecule has 0 atom stereocenters. The summed E-state index contributed by atoms with van der Waals surface area (Å²) in [6.45, 7) is 0.579. The van der Waals surface area contributed by atoms with Crippen molar-refractivity contribution >= 4 is 11.6 Å². The van der Waals surface area contributed by atoms with Crippen molar-refractivity contribution < 1.29 is 9.18 Å². The average molecular weight is 309 g/mol. The van der Waals surface area contributed by atoms with Crippen LogP contribution in [0.3, 0.4) is 0 Å². The lowest BCUT2D eigenvalue weighted by Crippen LogP contribution is -2.18. The highest BCUT2D eigenvalue weighted by Gasteiger charge is 2.10. The number of halogens is 1. The standard InChI is InChI=1S/C18H16FN3O/c1-22(12-14-5-3-2-4-6-14)13-15(11-20)18(23)21-17-9-7-16(19)8-10-17/h2-10,13H,12H2,1H3,(H,21,23)/b15-13-. The number of nitrogens with one attached hydrogen (secondary N) is 1. The van der Waals surface area contributed by atoms with Gasteiger partial charge in [0.15, 0.2) is 0 Å². The molecule has 2 aromatic carbocycles. The van der Waals surface area contributed by atoms with E-state index in [1.165, 1.54) is 30.5 Å². The minimum atomic E-state index is -0.529. The van der Waals surface area contributed by atoms with E-state index in [0.29, 0.717) is 12.2 Å². The molecule has 0 radical (unpaired) electrons. The molecule has 0 saturated heterocycles. The number of hydrogen-bond donors (Lipinski definition) is 1. The van der Waals surface area contributed by atoms with Crippen molar-refractivity contribution in [2.24, 2.45) is 0 Å². The smallest absolute Gasteiger partial charge is 0.267 e. The van der Waals surface area contributed by atoms with Crippen LogP contribution >= 0.6 is 0 Å². The van der Waals surface area contributed by atoms with Crippen molar-refractivity contribution in [2.45, 2.75) is 6.54 Å². The lowest BCUT2D eigenvalue weighted by molar-refractivity contribution is -0.112. The summed E-state index contributed by atoms with van der Waals surface area (Å²) in [5.74, 6) is -0.916. The van der Waals surface area contributed by atoms with Gasteiger partial charge in [0.2, 0.25) is 0 Å². The fourth-order valence-corrected chi connectivity index (χ4v) is 2.01. The van der Waals surface area contributed by atoms with E-state index < -0.39 is 5.91 Å². The average Bonchev–Trinajstić information content (AvgIpc) is 2.55. The first kappa shape index (κ1) is 16.2. The molecule has 0 saturated carbocycles. The number of nitriles is 1. The molecule has 1 N–H and O–H groups in total. The van der Waals surface area contributed by atoms with Gasteiger partial charge in [-0.15, -0.1) is 0 Å². The van der Waals surface area contributed by atoms with Gasteiger partial charge < -0.3 is 10.2 Å². The zero-order valence-corrected chi connectivity index (χ0v) is 12.7. The van der Waals surface area contributed by atoms with Crippen LogP contribution < -0.4 is 5.32 Å². The first-order chi connectivity index (χ1) is 11.1. The zero-order chi connectivity index (χ0) is 16.7. The van der Waals surface area contributed by atoms with Crippen molar-refractivity contribution in [3.63, 3.8) is 0 Å². The Kier molecular flexibility index (Phi) is 5.48. The normalized spacial score (nSPS) is 10.7. The Balaban J connectivity index is 2.04. The van der Waals surface area contributed by atoms with Crippen molar-refractivity contribution in [3.05, 3.63) is 77.8 Å². The second kappa shape index (κ2) is 7.76. The van der Waals surface area contributed by atoms with Crippen molar-refractivity contribution in [1.82, 2.24) is 4.90 Å². The van der Waals surface area contributed by atoms with Crippen LogP contribution in [-0.2, 0) is 11.3 Å². The molecule has 2 aromatic rings. The first-order valence-corrected chi connectivity index (χ1v) is 7.01. The Morgan fingerprint density at radius 2 is 1.87 bits per heavy atom. The van der Waals surface area contributed by atoms with Gasteiger partial charge in [0.05, 0.1) is 0 Å². The van der Waals surface area contributed by atoms with Crippen molar-refractivity contribution in [2.75, 3.05) is 12.4 Å². The largest absolute Gasteiger partial charge is 0.375 e. The van der Waals surface area contributed by atoms with E-state index in [1.54, 1.807) is 11.9 Å². The van der Waals surface area contributed by atoms with Gasteiger partial charge in [-0.1, -0.05) is 30.3 Å². The maximum absolute atomic E-state index is 12.8. The highest BCUT2D eigenvalue weighted by atomic mass is 19.1. The van der Waals surface area contributed by atoms with Gasteiger partial charge in [-0.25, -0.2) is 4.39 Å². The Morgan fingerprint density at radius 3 is 2.48 bits per heavy atom. The van der Waals surface area contributed by atoms with Gasteiger partial charge in [-0.3, -0.25) is 4.79 Å². The second-order valence-corrected chi connectivity index (χ2v) is 5.02. The third-order valence-corrected chi connectivity index (χ3v) is 3.09. The molecule has 23 heavy (non-hydrogen) atoms. The number of amides is 1. The quantitative estimate of drug-likeness (QED) is 0.681. The Labute approximate surface area is 134 Å². The number of anilines is 1. The molecular formula is C18H16FN3O. The van der Waals surface area contributed by atoms with Gasteiger partial charge in [-0.05, 0) is 29.8 Å². The molecule has 4 nitrogen and oxygen atoms in total. The molecular weight excluding hydrogens is 293 g/mol. The number of rotatable bonds is 5. The van der Waals surface area contributed by atoms with E-state index in [2.05, 4.69) is 5.32 Å². The third kappa shape index (κ3) is 4.97. The van der Waals surface area contributed by atoms with E-state index in [4.69, 9.17) is 5.26 Å². The fourth-order valence-electron chi connectivity index (χ4n) is 2.01. The molecule has 0 aliphatic rings. The zero-order valence-electron chi connectivity index (χ0n) is 12.7. The monoisotopic (exact) mass is 309 g/mol. The summed E-state index contributed by atoms with van der Waals surface area (Å²) in [7, 11) is 1.79. The topological polar surface area (TPSA) is 56.1 Å². The number of carbonyl (C=O) groups excluding carboxylic acids is 1. The number of carbonyl (C=O) groups is 1. The third-order valence-electron chi connectivity index (χ3n) is 3.09. The van der Waals surface area contributed by atoms with E-state index in [1.807, 2.05) is 36.4 Å². The summed E-state index contributed by atoms with van der Waals surface area (Å²) in [5, 5.41) is 11.7. The van der Waals surface area contributed by atoms with Crippen LogP contribution in [0.2, 0.25) is 0 Å². The van der Waals surface area contributed by atoms with Crippen molar-refractivity contribution in [1.29, 1.82) is 5.26 Å².